The minimum atomic E-state index is -1.68. The molecule has 5 heteroatoms. The van der Waals surface area contributed by atoms with Gasteiger partial charge in [0, 0.05) is 0 Å². The molecule has 152 valence electrons. The summed E-state index contributed by atoms with van der Waals surface area (Å²) in [5.41, 5.74) is 1.58. The molecular weight excluding hydrogens is 368 g/mol. The van der Waals surface area contributed by atoms with Crippen LogP contribution in [0, 0.1) is 12.3 Å². The van der Waals surface area contributed by atoms with E-state index in [1.807, 2.05) is 67.6 Å². The lowest BCUT2D eigenvalue weighted by Gasteiger charge is -2.30. The molecule has 0 aliphatic carbocycles. The Morgan fingerprint density at radius 3 is 2.14 bits per heavy atom. The minimum Gasteiger partial charge on any atom is -0.465 e. The van der Waals surface area contributed by atoms with Crippen LogP contribution in [0.5, 0.6) is 0 Å². The van der Waals surface area contributed by atoms with E-state index in [2.05, 4.69) is 0 Å². The summed E-state index contributed by atoms with van der Waals surface area (Å²) in [6.07, 6.45) is 1.01. The van der Waals surface area contributed by atoms with Crippen molar-refractivity contribution in [2.24, 2.45) is 5.41 Å². The largest absolute Gasteiger partial charge is 0.465 e. The molecule has 0 amide bonds. The molecule has 0 N–H and O–H groups in total. The van der Waals surface area contributed by atoms with Crippen molar-refractivity contribution in [1.82, 2.24) is 0 Å². The molecule has 0 radical (unpaired) electrons. The van der Waals surface area contributed by atoms with Crippen molar-refractivity contribution in [3.63, 3.8) is 0 Å². The highest BCUT2D eigenvalue weighted by atomic mass is 16.6. The first kappa shape index (κ1) is 20.8. The summed E-state index contributed by atoms with van der Waals surface area (Å²) in [5.74, 6) is -1.30. The highest BCUT2D eigenvalue weighted by molar-refractivity contribution is 6.06. The summed E-state index contributed by atoms with van der Waals surface area (Å²) in [6, 6.07) is 17.1. The fourth-order valence-corrected chi connectivity index (χ4v) is 3.62. The Hall–Kier alpha value is -2.92. The van der Waals surface area contributed by atoms with Crippen molar-refractivity contribution >= 4 is 18.0 Å². The van der Waals surface area contributed by atoms with E-state index in [0.29, 0.717) is 5.57 Å². The molecule has 3 rings (SSSR count). The molecule has 0 aromatic heterocycles. The Kier molecular flexibility index (Phi) is 6.49. The molecule has 1 aliphatic rings. The summed E-state index contributed by atoms with van der Waals surface area (Å²) >= 11 is 0. The van der Waals surface area contributed by atoms with Gasteiger partial charge < -0.3 is 14.2 Å². The van der Waals surface area contributed by atoms with Crippen LogP contribution in [-0.2, 0) is 23.8 Å². The van der Waals surface area contributed by atoms with E-state index in [0.717, 1.165) is 16.7 Å². The maximum absolute atomic E-state index is 13.3. The number of carbonyl (C=O) groups is 2. The molecular formula is C24H26O5. The maximum Gasteiger partial charge on any atom is 0.330 e. The molecule has 1 atom stereocenters. The van der Waals surface area contributed by atoms with Gasteiger partial charge in [-0.1, -0.05) is 66.2 Å². The van der Waals surface area contributed by atoms with Crippen LogP contribution in [0.4, 0.5) is 0 Å². The van der Waals surface area contributed by atoms with Gasteiger partial charge in [-0.15, -0.1) is 0 Å². The predicted molar refractivity (Wildman–Crippen MR) is 110 cm³/mol. The van der Waals surface area contributed by atoms with Crippen molar-refractivity contribution in [2.75, 3.05) is 19.8 Å². The van der Waals surface area contributed by atoms with Gasteiger partial charge in [-0.05, 0) is 37.5 Å². The van der Waals surface area contributed by atoms with Gasteiger partial charge in [0.05, 0.1) is 19.8 Å². The topological polar surface area (TPSA) is 61.8 Å². The average Bonchev–Trinajstić information content (AvgIpc) is 3.10. The number of carbonyl (C=O) groups excluding carboxylic acids is 2. The smallest absolute Gasteiger partial charge is 0.330 e. The van der Waals surface area contributed by atoms with Crippen molar-refractivity contribution in [2.45, 2.75) is 26.9 Å². The second-order valence-corrected chi connectivity index (χ2v) is 6.93. The van der Waals surface area contributed by atoms with Crippen molar-refractivity contribution in [3.05, 3.63) is 76.9 Å². The van der Waals surface area contributed by atoms with Gasteiger partial charge in [-0.2, -0.15) is 0 Å². The van der Waals surface area contributed by atoms with Crippen LogP contribution in [0.1, 0.15) is 36.6 Å². The van der Waals surface area contributed by atoms with Gasteiger partial charge >= 0.3 is 11.9 Å². The number of benzene rings is 2. The SMILES string of the molecule is CCOC(=O)C1(C(=O)OCC)/C(=C/c2ccc(C)cc2)COC1c1ccccc1. The highest BCUT2D eigenvalue weighted by Gasteiger charge is 2.62. The second-order valence-electron chi connectivity index (χ2n) is 6.93. The number of hydrogen-bond donors (Lipinski definition) is 0. The third-order valence-electron chi connectivity index (χ3n) is 5.02. The molecule has 1 unspecified atom stereocenters. The fourth-order valence-electron chi connectivity index (χ4n) is 3.62. The first-order valence-corrected chi connectivity index (χ1v) is 9.82. The van der Waals surface area contributed by atoms with Crippen molar-refractivity contribution in [1.29, 1.82) is 0 Å². The van der Waals surface area contributed by atoms with Crippen molar-refractivity contribution in [3.8, 4) is 0 Å². The van der Waals surface area contributed by atoms with E-state index >= 15 is 0 Å². The van der Waals surface area contributed by atoms with Gasteiger partial charge in [-0.25, -0.2) is 0 Å². The third kappa shape index (κ3) is 3.96. The Bertz CT molecular complexity index is 865. The molecule has 5 nitrogen and oxygen atoms in total. The zero-order valence-electron chi connectivity index (χ0n) is 17.0. The second kappa shape index (κ2) is 9.05. The van der Waals surface area contributed by atoms with Gasteiger partial charge in [0.25, 0.3) is 0 Å². The molecule has 0 spiro atoms. The molecule has 1 saturated heterocycles. The average molecular weight is 394 g/mol. The van der Waals surface area contributed by atoms with Crippen LogP contribution < -0.4 is 0 Å². The Morgan fingerprint density at radius 1 is 1.00 bits per heavy atom. The Balaban J connectivity index is 2.19. The van der Waals surface area contributed by atoms with E-state index in [1.54, 1.807) is 13.8 Å². The summed E-state index contributed by atoms with van der Waals surface area (Å²) in [6.45, 7) is 5.87. The minimum absolute atomic E-state index is 0.130. The van der Waals surface area contributed by atoms with E-state index in [9.17, 15) is 9.59 Å². The van der Waals surface area contributed by atoms with E-state index in [1.165, 1.54) is 0 Å². The fraction of sp³-hybridized carbons (Fsp3) is 0.333. The van der Waals surface area contributed by atoms with Crippen LogP contribution in [0.15, 0.2) is 60.2 Å². The third-order valence-corrected chi connectivity index (χ3v) is 5.02. The molecule has 0 bridgehead atoms. The monoisotopic (exact) mass is 394 g/mol. The number of rotatable bonds is 6. The molecule has 1 aliphatic heterocycles. The molecule has 2 aromatic carbocycles. The normalized spacial score (nSPS) is 19.1. The Morgan fingerprint density at radius 2 is 1.59 bits per heavy atom. The van der Waals surface area contributed by atoms with Gasteiger partial charge in [-0.3, -0.25) is 9.59 Å². The summed E-state index contributed by atoms with van der Waals surface area (Å²) in [5, 5.41) is 0. The zero-order valence-corrected chi connectivity index (χ0v) is 17.0. The summed E-state index contributed by atoms with van der Waals surface area (Å²) in [7, 11) is 0. The van der Waals surface area contributed by atoms with E-state index in [4.69, 9.17) is 14.2 Å². The van der Waals surface area contributed by atoms with Gasteiger partial charge in [0.15, 0.2) is 0 Å². The Labute approximate surface area is 171 Å². The molecule has 29 heavy (non-hydrogen) atoms. The van der Waals surface area contributed by atoms with Crippen LogP contribution in [0.25, 0.3) is 6.08 Å². The van der Waals surface area contributed by atoms with E-state index < -0.39 is 23.5 Å². The number of aryl methyl sites for hydroxylation is 1. The standard InChI is InChI=1S/C24H26O5/c1-4-27-22(25)24(23(26)28-5-2)20(15-18-13-11-17(3)12-14-18)16-29-21(24)19-9-7-6-8-10-19/h6-15,21H,4-5,16H2,1-3H3/b20-15+. The summed E-state index contributed by atoms with van der Waals surface area (Å²) < 4.78 is 16.8. The maximum atomic E-state index is 13.3. The predicted octanol–water partition coefficient (Wildman–Crippen LogP) is 4.26. The van der Waals surface area contributed by atoms with Gasteiger partial charge in [0.1, 0.15) is 6.10 Å². The van der Waals surface area contributed by atoms with Crippen LogP contribution in [0.2, 0.25) is 0 Å². The lowest BCUT2D eigenvalue weighted by Crippen LogP contribution is -2.45. The molecule has 2 aromatic rings. The number of esters is 2. The van der Waals surface area contributed by atoms with Crippen LogP contribution in [-0.4, -0.2) is 31.8 Å². The number of ether oxygens (including phenoxy) is 3. The zero-order chi connectivity index (χ0) is 20.9. The highest BCUT2D eigenvalue weighted by Crippen LogP contribution is 2.51. The lowest BCUT2D eigenvalue weighted by molar-refractivity contribution is -0.174. The first-order valence-electron chi connectivity index (χ1n) is 9.82. The molecule has 0 saturated carbocycles. The van der Waals surface area contributed by atoms with E-state index in [-0.39, 0.29) is 19.8 Å². The molecule has 1 heterocycles. The lowest BCUT2D eigenvalue weighted by atomic mass is 9.74. The van der Waals surface area contributed by atoms with Crippen LogP contribution >= 0.6 is 0 Å². The van der Waals surface area contributed by atoms with Gasteiger partial charge in [0.2, 0.25) is 5.41 Å². The first-order chi connectivity index (χ1) is 14.0. The van der Waals surface area contributed by atoms with Crippen LogP contribution in [0.3, 0.4) is 0 Å². The summed E-state index contributed by atoms with van der Waals surface area (Å²) in [4.78, 5) is 26.6. The quantitative estimate of drug-likeness (QED) is 0.541. The number of hydrogen-bond acceptors (Lipinski definition) is 5. The molecule has 1 fully saturated rings. The van der Waals surface area contributed by atoms with Crippen molar-refractivity contribution < 1.29 is 23.8 Å².